The highest BCUT2D eigenvalue weighted by Gasteiger charge is 2.24. The number of rotatable bonds is 4. The summed E-state index contributed by atoms with van der Waals surface area (Å²) < 4.78 is 0. The van der Waals surface area contributed by atoms with Gasteiger partial charge in [-0.2, -0.15) is 0 Å². The van der Waals surface area contributed by atoms with Crippen LogP contribution in [-0.2, 0) is 11.2 Å². The van der Waals surface area contributed by atoms with E-state index in [0.717, 1.165) is 30.5 Å². The number of hydrogen-bond donors (Lipinski definition) is 3. The molecule has 4 amide bonds. The van der Waals surface area contributed by atoms with Crippen molar-refractivity contribution in [2.45, 2.75) is 32.2 Å². The Balaban J connectivity index is 1.38. The lowest BCUT2D eigenvalue weighted by atomic mass is 10.1. The van der Waals surface area contributed by atoms with Crippen molar-refractivity contribution in [3.05, 3.63) is 53.6 Å². The number of nitrogens with zero attached hydrogens (tertiary/aromatic N) is 1. The quantitative estimate of drug-likeness (QED) is 0.763. The summed E-state index contributed by atoms with van der Waals surface area (Å²) in [5.41, 5.74) is 3.74. The number of carbonyl (C=O) groups is 3. The van der Waals surface area contributed by atoms with Crippen molar-refractivity contribution < 1.29 is 14.4 Å². The third kappa shape index (κ3) is 3.98. The van der Waals surface area contributed by atoms with Gasteiger partial charge in [-0.05, 0) is 67.3 Å². The van der Waals surface area contributed by atoms with Crippen molar-refractivity contribution in [3.63, 3.8) is 0 Å². The lowest BCUT2D eigenvalue weighted by molar-refractivity contribution is -0.116. The number of nitrogens with one attached hydrogen (secondary N) is 3. The molecule has 144 valence electrons. The standard InChI is InChI=1S/C21H22N4O3/c1-13(26)25-11-10-14-12-15(2-9-19(14)25)20(27)22-16-3-5-17(6-4-16)23-21(28)24-18-7-8-18/h2-6,9,12,18H,7-8,10-11H2,1H3,(H,22,27)(H2,23,24,28). The van der Waals surface area contributed by atoms with E-state index in [1.165, 1.54) is 0 Å². The second-order valence-corrected chi connectivity index (χ2v) is 7.17. The summed E-state index contributed by atoms with van der Waals surface area (Å²) in [6, 6.07) is 12.5. The van der Waals surface area contributed by atoms with E-state index in [4.69, 9.17) is 0 Å². The Kier molecular flexibility index (Phi) is 4.73. The van der Waals surface area contributed by atoms with Crippen LogP contribution in [0.4, 0.5) is 21.9 Å². The molecule has 2 aliphatic rings. The zero-order chi connectivity index (χ0) is 19.7. The minimum atomic E-state index is -0.212. The third-order valence-corrected chi connectivity index (χ3v) is 4.93. The van der Waals surface area contributed by atoms with Gasteiger partial charge in [0.05, 0.1) is 0 Å². The van der Waals surface area contributed by atoms with Gasteiger partial charge in [-0.1, -0.05) is 0 Å². The van der Waals surface area contributed by atoms with E-state index in [1.54, 1.807) is 42.2 Å². The average molecular weight is 378 g/mol. The molecule has 3 N–H and O–H groups in total. The van der Waals surface area contributed by atoms with Gasteiger partial charge in [0.1, 0.15) is 0 Å². The van der Waals surface area contributed by atoms with Gasteiger partial charge in [-0.3, -0.25) is 9.59 Å². The summed E-state index contributed by atoms with van der Waals surface area (Å²) in [5.74, 6) is -0.202. The molecule has 0 spiro atoms. The van der Waals surface area contributed by atoms with Gasteiger partial charge in [0, 0.05) is 42.1 Å². The van der Waals surface area contributed by atoms with Crippen molar-refractivity contribution in [3.8, 4) is 0 Å². The van der Waals surface area contributed by atoms with Crippen LogP contribution < -0.4 is 20.9 Å². The molecular formula is C21H22N4O3. The minimum absolute atomic E-state index is 0.00969. The fraction of sp³-hybridized carbons (Fsp3) is 0.286. The maximum absolute atomic E-state index is 12.5. The Labute approximate surface area is 163 Å². The smallest absolute Gasteiger partial charge is 0.319 e. The molecule has 0 radical (unpaired) electrons. The summed E-state index contributed by atoms with van der Waals surface area (Å²) in [6.07, 6.45) is 2.82. The number of benzene rings is 2. The van der Waals surface area contributed by atoms with Gasteiger partial charge in [0.25, 0.3) is 5.91 Å². The monoisotopic (exact) mass is 378 g/mol. The van der Waals surface area contributed by atoms with E-state index >= 15 is 0 Å². The van der Waals surface area contributed by atoms with Gasteiger partial charge in [-0.25, -0.2) is 4.79 Å². The van der Waals surface area contributed by atoms with E-state index in [1.807, 2.05) is 12.1 Å². The number of fused-ring (bicyclic) bond motifs is 1. The normalized spacial score (nSPS) is 15.0. The Morgan fingerprint density at radius 1 is 0.964 bits per heavy atom. The highest BCUT2D eigenvalue weighted by Crippen LogP contribution is 2.29. The van der Waals surface area contributed by atoms with Crippen LogP contribution in [0.25, 0.3) is 0 Å². The van der Waals surface area contributed by atoms with Crippen LogP contribution in [0, 0.1) is 0 Å². The molecule has 0 unspecified atom stereocenters. The lowest BCUT2D eigenvalue weighted by Gasteiger charge is -2.15. The molecule has 0 atom stereocenters. The predicted molar refractivity (Wildman–Crippen MR) is 108 cm³/mol. The molecule has 0 bridgehead atoms. The molecule has 2 aromatic rings. The number of carbonyl (C=O) groups excluding carboxylic acids is 3. The zero-order valence-corrected chi connectivity index (χ0v) is 15.6. The van der Waals surface area contributed by atoms with Gasteiger partial charge >= 0.3 is 6.03 Å². The van der Waals surface area contributed by atoms with Gasteiger partial charge in [0.15, 0.2) is 0 Å². The first kappa shape index (κ1) is 18.0. The summed E-state index contributed by atoms with van der Waals surface area (Å²) >= 11 is 0. The Bertz CT molecular complexity index is 935. The highest BCUT2D eigenvalue weighted by molar-refractivity contribution is 6.05. The van der Waals surface area contributed by atoms with Gasteiger partial charge in [-0.15, -0.1) is 0 Å². The number of anilines is 3. The number of urea groups is 1. The van der Waals surface area contributed by atoms with E-state index < -0.39 is 0 Å². The second kappa shape index (κ2) is 7.34. The zero-order valence-electron chi connectivity index (χ0n) is 15.6. The van der Waals surface area contributed by atoms with Crippen LogP contribution in [0.1, 0.15) is 35.7 Å². The largest absolute Gasteiger partial charge is 0.335 e. The van der Waals surface area contributed by atoms with Crippen molar-refractivity contribution in [1.29, 1.82) is 0 Å². The molecule has 2 aromatic carbocycles. The molecule has 7 heteroatoms. The minimum Gasteiger partial charge on any atom is -0.335 e. The molecule has 1 saturated carbocycles. The SMILES string of the molecule is CC(=O)N1CCc2cc(C(=O)Nc3ccc(NC(=O)NC4CC4)cc3)ccc21. The fourth-order valence-electron chi connectivity index (χ4n) is 3.29. The fourth-order valence-corrected chi connectivity index (χ4v) is 3.29. The van der Waals surface area contributed by atoms with Crippen LogP contribution in [0.5, 0.6) is 0 Å². The second-order valence-electron chi connectivity index (χ2n) is 7.17. The van der Waals surface area contributed by atoms with Crippen molar-refractivity contribution in [2.75, 3.05) is 22.1 Å². The molecule has 28 heavy (non-hydrogen) atoms. The maximum Gasteiger partial charge on any atom is 0.319 e. The molecular weight excluding hydrogens is 356 g/mol. The summed E-state index contributed by atoms with van der Waals surface area (Å²) in [7, 11) is 0. The Hall–Kier alpha value is -3.35. The predicted octanol–water partition coefficient (Wildman–Crippen LogP) is 3.13. The third-order valence-electron chi connectivity index (χ3n) is 4.93. The van der Waals surface area contributed by atoms with E-state index in [9.17, 15) is 14.4 Å². The van der Waals surface area contributed by atoms with Crippen LogP contribution in [0.15, 0.2) is 42.5 Å². The van der Waals surface area contributed by atoms with E-state index in [-0.39, 0.29) is 17.8 Å². The van der Waals surface area contributed by atoms with Crippen LogP contribution >= 0.6 is 0 Å². The first-order valence-electron chi connectivity index (χ1n) is 9.39. The number of hydrogen-bond acceptors (Lipinski definition) is 3. The maximum atomic E-state index is 12.5. The molecule has 7 nitrogen and oxygen atoms in total. The topological polar surface area (TPSA) is 90.5 Å². The van der Waals surface area contributed by atoms with Crippen molar-refractivity contribution in [1.82, 2.24) is 5.32 Å². The highest BCUT2D eigenvalue weighted by atomic mass is 16.2. The average Bonchev–Trinajstić information content (AvgIpc) is 3.37. The van der Waals surface area contributed by atoms with Crippen LogP contribution in [0.3, 0.4) is 0 Å². The molecule has 1 heterocycles. The first-order valence-corrected chi connectivity index (χ1v) is 9.39. The molecule has 1 aliphatic heterocycles. The number of amides is 4. The lowest BCUT2D eigenvalue weighted by Crippen LogP contribution is -2.30. The Morgan fingerprint density at radius 3 is 2.29 bits per heavy atom. The van der Waals surface area contributed by atoms with Gasteiger partial charge < -0.3 is 20.9 Å². The van der Waals surface area contributed by atoms with Crippen molar-refractivity contribution in [2.24, 2.45) is 0 Å². The van der Waals surface area contributed by atoms with E-state index in [2.05, 4.69) is 16.0 Å². The molecule has 1 aliphatic carbocycles. The van der Waals surface area contributed by atoms with Crippen molar-refractivity contribution >= 4 is 34.9 Å². The molecule has 0 saturated heterocycles. The summed E-state index contributed by atoms with van der Waals surface area (Å²) in [4.78, 5) is 37.7. The molecule has 4 rings (SSSR count). The summed E-state index contributed by atoms with van der Waals surface area (Å²) in [6.45, 7) is 2.20. The van der Waals surface area contributed by atoms with Crippen LogP contribution in [-0.4, -0.2) is 30.4 Å². The van der Waals surface area contributed by atoms with E-state index in [0.29, 0.717) is 29.5 Å². The van der Waals surface area contributed by atoms with Crippen LogP contribution in [0.2, 0.25) is 0 Å². The summed E-state index contributed by atoms with van der Waals surface area (Å²) in [5, 5.41) is 8.49. The Morgan fingerprint density at radius 2 is 1.64 bits per heavy atom. The van der Waals surface area contributed by atoms with Gasteiger partial charge in [0.2, 0.25) is 5.91 Å². The molecule has 0 aromatic heterocycles. The first-order chi connectivity index (χ1) is 13.5. The molecule has 1 fully saturated rings.